The molecule has 0 aliphatic heterocycles. The molecule has 0 saturated carbocycles. The summed E-state index contributed by atoms with van der Waals surface area (Å²) in [6, 6.07) is 15.2. The van der Waals surface area contributed by atoms with Crippen LogP contribution in [0.5, 0.6) is 0 Å². The summed E-state index contributed by atoms with van der Waals surface area (Å²) in [6.45, 7) is 2.14. The Morgan fingerprint density at radius 2 is 1.83 bits per heavy atom. The van der Waals surface area contributed by atoms with E-state index in [2.05, 4.69) is 77.5 Å². The Bertz CT molecular complexity index is 809. The van der Waals surface area contributed by atoms with Crippen LogP contribution in [0.1, 0.15) is 12.0 Å². The van der Waals surface area contributed by atoms with Crippen LogP contribution in [-0.4, -0.2) is 0 Å². The molecule has 0 spiro atoms. The van der Waals surface area contributed by atoms with Crippen molar-refractivity contribution in [3.63, 3.8) is 0 Å². The van der Waals surface area contributed by atoms with Gasteiger partial charge in [0.05, 0.1) is 0 Å². The normalized spacial score (nSPS) is 11.2. The minimum atomic E-state index is 0. The van der Waals surface area contributed by atoms with Gasteiger partial charge in [0, 0.05) is 0 Å². The van der Waals surface area contributed by atoms with E-state index in [0.29, 0.717) is 0 Å². The van der Waals surface area contributed by atoms with Gasteiger partial charge in [0.2, 0.25) is 0 Å². The van der Waals surface area contributed by atoms with Crippen LogP contribution in [0, 0.1) is 13.0 Å². The summed E-state index contributed by atoms with van der Waals surface area (Å²) in [5.74, 6) is 0. The van der Waals surface area contributed by atoms with E-state index in [1.54, 1.807) is 0 Å². The Kier molecular flexibility index (Phi) is 10.4. The Hall–Kier alpha value is -0.267. The van der Waals surface area contributed by atoms with E-state index in [4.69, 9.17) is 0 Å². The van der Waals surface area contributed by atoms with Gasteiger partial charge in [0.15, 0.2) is 0 Å². The third-order valence-corrected chi connectivity index (χ3v) is 4.25. The number of hydrogen-bond acceptors (Lipinski definition) is 0. The van der Waals surface area contributed by atoms with Crippen LogP contribution in [0.3, 0.4) is 0 Å². The Balaban J connectivity index is 0.000000529. The maximum atomic E-state index is 3.70. The second-order valence-corrected chi connectivity index (χ2v) is 5.74. The average Bonchev–Trinajstić information content (AvgIpc) is 3.11. The molecule has 0 N–H and O–H groups in total. The fourth-order valence-electron chi connectivity index (χ4n) is 2.46. The van der Waals surface area contributed by atoms with Crippen molar-refractivity contribution in [2.45, 2.75) is 13.3 Å². The van der Waals surface area contributed by atoms with E-state index in [1.807, 2.05) is 12.2 Å². The summed E-state index contributed by atoms with van der Waals surface area (Å²) in [5.41, 5.74) is 1.32. The first-order valence-corrected chi connectivity index (χ1v) is 7.51. The molecule has 4 heteroatoms. The van der Waals surface area contributed by atoms with Gasteiger partial charge in [-0.25, -0.2) is 12.2 Å². The maximum Gasteiger partial charge on any atom is 4.00 e. The van der Waals surface area contributed by atoms with Gasteiger partial charge in [0.25, 0.3) is 0 Å². The summed E-state index contributed by atoms with van der Waals surface area (Å²) >= 11 is 3.70. The van der Waals surface area contributed by atoms with Crippen LogP contribution in [0.25, 0.3) is 21.5 Å². The molecular formula is C19H15BrCl2Zr. The molecule has 0 radical (unpaired) electrons. The zero-order chi connectivity index (χ0) is 13.9. The number of hydrogen-bond donors (Lipinski definition) is 0. The van der Waals surface area contributed by atoms with Crippen molar-refractivity contribution in [3.05, 3.63) is 76.8 Å². The molecule has 0 amide bonds. The monoisotopic (exact) mass is 482 g/mol. The molecule has 4 rings (SSSR count). The molecule has 0 fully saturated rings. The Morgan fingerprint density at radius 3 is 2.43 bits per heavy atom. The second kappa shape index (κ2) is 10.6. The predicted octanol–water partition coefficient (Wildman–Crippen LogP) is 0.0940. The molecular weight excluding hydrogens is 470 g/mol. The van der Waals surface area contributed by atoms with Crippen molar-refractivity contribution in [2.24, 2.45) is 0 Å². The smallest absolute Gasteiger partial charge is 1.00 e. The quantitative estimate of drug-likeness (QED) is 0.397. The molecule has 116 valence electrons. The predicted molar refractivity (Wildman–Crippen MR) is 91.1 cm³/mol. The first-order valence-electron chi connectivity index (χ1n) is 6.72. The summed E-state index contributed by atoms with van der Waals surface area (Å²) in [7, 11) is 0. The molecule has 23 heavy (non-hydrogen) atoms. The van der Waals surface area contributed by atoms with E-state index in [-0.39, 0.29) is 51.0 Å². The topological polar surface area (TPSA) is 0 Å². The SMILES string of the molecule is Cc1cc2c(Br)c3ccccc3cc2[cH-]1.[C-]1=CC=CC1.[Cl-].[Cl-].[Zr+4]. The van der Waals surface area contributed by atoms with Crippen molar-refractivity contribution in [1.29, 1.82) is 0 Å². The maximum absolute atomic E-state index is 3.70. The van der Waals surface area contributed by atoms with Crippen LogP contribution >= 0.6 is 15.9 Å². The fourth-order valence-corrected chi connectivity index (χ4v) is 3.17. The number of fused-ring (bicyclic) bond motifs is 2. The van der Waals surface area contributed by atoms with Crippen LogP contribution < -0.4 is 24.8 Å². The zero-order valence-electron chi connectivity index (χ0n) is 12.6. The number of aryl methyl sites for hydroxylation is 1. The van der Waals surface area contributed by atoms with Crippen molar-refractivity contribution < 1.29 is 51.0 Å². The second-order valence-electron chi connectivity index (χ2n) is 4.95. The van der Waals surface area contributed by atoms with Crippen molar-refractivity contribution >= 4 is 37.5 Å². The van der Waals surface area contributed by atoms with Gasteiger partial charge in [-0.1, -0.05) is 52.5 Å². The van der Waals surface area contributed by atoms with Crippen molar-refractivity contribution in [3.8, 4) is 0 Å². The molecule has 0 atom stereocenters. The summed E-state index contributed by atoms with van der Waals surface area (Å²) < 4.78 is 1.21. The van der Waals surface area contributed by atoms with E-state index >= 15 is 0 Å². The Morgan fingerprint density at radius 1 is 1.09 bits per heavy atom. The van der Waals surface area contributed by atoms with Gasteiger partial charge in [-0.05, 0) is 9.86 Å². The molecule has 0 aromatic heterocycles. The molecule has 0 nitrogen and oxygen atoms in total. The molecule has 1 aliphatic carbocycles. The molecule has 0 bridgehead atoms. The van der Waals surface area contributed by atoms with E-state index < -0.39 is 0 Å². The van der Waals surface area contributed by atoms with Gasteiger partial charge >= 0.3 is 26.2 Å². The van der Waals surface area contributed by atoms with Gasteiger partial charge < -0.3 is 24.8 Å². The summed E-state index contributed by atoms with van der Waals surface area (Å²) in [5, 5.41) is 5.21. The molecule has 1 aliphatic rings. The number of allylic oxidation sites excluding steroid dienone is 4. The van der Waals surface area contributed by atoms with Gasteiger partial charge in [-0.15, -0.1) is 34.9 Å². The third kappa shape index (κ3) is 5.36. The van der Waals surface area contributed by atoms with Crippen molar-refractivity contribution in [2.75, 3.05) is 0 Å². The van der Waals surface area contributed by atoms with Crippen LogP contribution in [0.15, 0.2) is 65.2 Å². The van der Waals surface area contributed by atoms with Gasteiger partial charge in [-0.3, -0.25) is 6.08 Å². The van der Waals surface area contributed by atoms with Crippen LogP contribution in [0.4, 0.5) is 0 Å². The van der Waals surface area contributed by atoms with E-state index in [1.165, 1.54) is 31.6 Å². The first kappa shape index (κ1) is 22.7. The summed E-state index contributed by atoms with van der Waals surface area (Å²) in [6.07, 6.45) is 10.0. The van der Waals surface area contributed by atoms with Crippen LogP contribution in [0.2, 0.25) is 0 Å². The largest absolute Gasteiger partial charge is 4.00 e. The zero-order valence-corrected chi connectivity index (χ0v) is 18.2. The third-order valence-electron chi connectivity index (χ3n) is 3.40. The first-order chi connectivity index (χ1) is 9.75. The average molecular weight is 485 g/mol. The summed E-state index contributed by atoms with van der Waals surface area (Å²) in [4.78, 5) is 0. The minimum Gasteiger partial charge on any atom is -1.00 e. The fraction of sp³-hybridized carbons (Fsp3) is 0.105. The number of benzene rings is 2. The van der Waals surface area contributed by atoms with E-state index in [0.717, 1.165) is 6.42 Å². The molecule has 0 saturated heterocycles. The number of rotatable bonds is 0. The molecule has 0 unspecified atom stereocenters. The van der Waals surface area contributed by atoms with Gasteiger partial charge in [0.1, 0.15) is 0 Å². The van der Waals surface area contributed by atoms with E-state index in [9.17, 15) is 0 Å². The van der Waals surface area contributed by atoms with Crippen LogP contribution in [-0.2, 0) is 26.2 Å². The van der Waals surface area contributed by atoms with Gasteiger partial charge in [-0.2, -0.15) is 12.1 Å². The standard InChI is InChI=1S/C14H10Br.C5H5.2ClH.Zr/c1-9-6-11-8-10-4-2-3-5-12(10)14(15)13(11)7-9;1-2-4-5-3-1;;;/h2-8H,1H3;1-3H,4H2;2*1H;/q2*-1;;;+4/p-2. The number of halogens is 3. The Labute approximate surface area is 177 Å². The molecule has 0 heterocycles. The minimum absolute atomic E-state index is 0. The molecule has 3 aromatic rings. The molecule has 3 aromatic carbocycles. The van der Waals surface area contributed by atoms with Crippen molar-refractivity contribution in [1.82, 2.24) is 0 Å².